The molecular weight excluding hydrogens is 384 g/mol. The Bertz CT molecular complexity index is 941. The number of phenols is 2. The van der Waals surface area contributed by atoms with Crippen LogP contribution in [0.25, 0.3) is 0 Å². The molecule has 3 N–H and O–H groups in total. The third kappa shape index (κ3) is 5.38. The highest BCUT2D eigenvalue weighted by molar-refractivity contribution is 5.94. The van der Waals surface area contributed by atoms with Gasteiger partial charge in [-0.15, -0.1) is 0 Å². The Balaban J connectivity index is 1.76. The van der Waals surface area contributed by atoms with Gasteiger partial charge in [0.25, 0.3) is 0 Å². The van der Waals surface area contributed by atoms with Crippen molar-refractivity contribution in [3.05, 3.63) is 95.6 Å². The zero-order valence-corrected chi connectivity index (χ0v) is 16.1. The zero-order chi connectivity index (χ0) is 21.5. The molecule has 0 aromatic heterocycles. The average molecular weight is 406 g/mol. The van der Waals surface area contributed by atoms with Crippen LogP contribution in [0.1, 0.15) is 22.6 Å². The quantitative estimate of drug-likeness (QED) is 0.389. The number of aromatic hydroxyl groups is 2. The fourth-order valence-corrected chi connectivity index (χ4v) is 3.30. The van der Waals surface area contributed by atoms with Crippen LogP contribution in [0.15, 0.2) is 78.9 Å². The number of hydrogen-bond donors (Lipinski definition) is 3. The third-order valence-electron chi connectivity index (χ3n) is 4.78. The maximum Gasteiger partial charge on any atom is 0.320 e. The summed E-state index contributed by atoms with van der Waals surface area (Å²) in [5, 5.41) is 28.7. The first-order valence-electron chi connectivity index (χ1n) is 9.45. The second-order valence-corrected chi connectivity index (χ2v) is 6.96. The lowest BCUT2D eigenvalue weighted by atomic mass is 9.92. The number of benzene rings is 3. The maximum absolute atomic E-state index is 12.6. The molecule has 154 valence electrons. The fourth-order valence-electron chi connectivity index (χ4n) is 3.30. The summed E-state index contributed by atoms with van der Waals surface area (Å²) >= 11 is 0. The third-order valence-corrected chi connectivity index (χ3v) is 4.78. The van der Waals surface area contributed by atoms with Crippen molar-refractivity contribution in [3.8, 4) is 11.5 Å². The van der Waals surface area contributed by atoms with Crippen molar-refractivity contribution in [3.63, 3.8) is 0 Å². The number of ether oxygens (including phenoxy) is 1. The molecule has 1 atom stereocenters. The molecule has 3 aromatic carbocycles. The summed E-state index contributed by atoms with van der Waals surface area (Å²) in [6.07, 6.45) is -0.211. The second kappa shape index (κ2) is 9.60. The van der Waals surface area contributed by atoms with E-state index < -0.39 is 17.9 Å². The summed E-state index contributed by atoms with van der Waals surface area (Å²) in [6, 6.07) is 22.8. The monoisotopic (exact) mass is 406 g/mol. The van der Waals surface area contributed by atoms with E-state index in [0.29, 0.717) is 5.56 Å². The van der Waals surface area contributed by atoms with E-state index in [1.807, 2.05) is 60.7 Å². The van der Waals surface area contributed by atoms with Gasteiger partial charge in [0.1, 0.15) is 18.1 Å². The highest BCUT2D eigenvalue weighted by Crippen LogP contribution is 2.26. The van der Waals surface area contributed by atoms with Crippen molar-refractivity contribution in [2.45, 2.75) is 12.3 Å². The summed E-state index contributed by atoms with van der Waals surface area (Å²) in [5.74, 6) is -4.33. The molecule has 6 nitrogen and oxygen atoms in total. The van der Waals surface area contributed by atoms with Crippen LogP contribution in [0, 0.1) is 5.92 Å². The van der Waals surface area contributed by atoms with Gasteiger partial charge in [-0.3, -0.25) is 9.59 Å². The molecule has 0 bridgehead atoms. The highest BCUT2D eigenvalue weighted by atomic mass is 16.5. The van der Waals surface area contributed by atoms with Crippen molar-refractivity contribution in [1.82, 2.24) is 0 Å². The molecule has 0 amide bonds. The van der Waals surface area contributed by atoms with E-state index in [-0.39, 0.29) is 30.4 Å². The van der Waals surface area contributed by atoms with Crippen LogP contribution in [0.3, 0.4) is 0 Å². The molecule has 3 aromatic rings. The molecule has 0 fully saturated rings. The predicted octanol–water partition coefficient (Wildman–Crippen LogP) is 3.72. The second-order valence-electron chi connectivity index (χ2n) is 6.96. The van der Waals surface area contributed by atoms with Gasteiger partial charge in [0.2, 0.25) is 0 Å². The largest absolute Gasteiger partial charge is 0.508 e. The van der Waals surface area contributed by atoms with Crippen molar-refractivity contribution in [2.75, 3.05) is 6.61 Å². The number of carbonyl (C=O) groups excluding carboxylic acids is 1. The minimum atomic E-state index is -1.46. The Morgan fingerprint density at radius 1 is 0.800 bits per heavy atom. The zero-order valence-electron chi connectivity index (χ0n) is 16.1. The number of phenolic OH excluding ortho intramolecular Hbond substituents is 2. The van der Waals surface area contributed by atoms with Gasteiger partial charge in [0.15, 0.2) is 5.92 Å². The first-order valence-corrected chi connectivity index (χ1v) is 9.45. The standard InChI is InChI=1S/C24H22O6/c25-19-11-16(12-20(26)14-19)13-21(23(27)28)24(29)30-15-22(17-7-3-1-4-8-17)18-9-5-2-6-10-18/h1-12,14,21-22,25-26H,13,15H2,(H,27,28). The van der Waals surface area contributed by atoms with E-state index in [1.165, 1.54) is 12.1 Å². The number of hydrogen-bond acceptors (Lipinski definition) is 5. The number of carboxylic acid groups (broad SMARTS) is 1. The van der Waals surface area contributed by atoms with Crippen LogP contribution >= 0.6 is 0 Å². The van der Waals surface area contributed by atoms with Gasteiger partial charge in [-0.25, -0.2) is 0 Å². The molecule has 0 saturated heterocycles. The molecule has 1 unspecified atom stereocenters. The molecule has 6 heteroatoms. The fraction of sp³-hybridized carbons (Fsp3) is 0.167. The van der Waals surface area contributed by atoms with Gasteiger partial charge < -0.3 is 20.1 Å². The summed E-state index contributed by atoms with van der Waals surface area (Å²) in [5.41, 5.74) is 2.21. The Morgan fingerprint density at radius 3 is 1.77 bits per heavy atom. The molecule has 0 heterocycles. The van der Waals surface area contributed by atoms with Gasteiger partial charge in [0.05, 0.1) is 0 Å². The molecule has 0 radical (unpaired) electrons. The van der Waals surface area contributed by atoms with E-state index in [0.717, 1.165) is 17.2 Å². The first kappa shape index (κ1) is 20.9. The first-order chi connectivity index (χ1) is 14.4. The molecule has 0 saturated carbocycles. The summed E-state index contributed by atoms with van der Waals surface area (Å²) in [6.45, 7) is -0.0120. The molecule has 0 aliphatic heterocycles. The van der Waals surface area contributed by atoms with E-state index >= 15 is 0 Å². The van der Waals surface area contributed by atoms with Crippen molar-refractivity contribution < 1.29 is 29.6 Å². The lowest BCUT2D eigenvalue weighted by molar-refractivity contribution is -0.158. The van der Waals surface area contributed by atoms with Gasteiger partial charge >= 0.3 is 11.9 Å². The summed E-state index contributed by atoms with van der Waals surface area (Å²) in [4.78, 5) is 24.3. The van der Waals surface area contributed by atoms with Crippen LogP contribution in [-0.2, 0) is 20.7 Å². The topological polar surface area (TPSA) is 104 Å². The number of aliphatic carboxylic acids is 1. The van der Waals surface area contributed by atoms with Crippen molar-refractivity contribution >= 4 is 11.9 Å². The summed E-state index contributed by atoms with van der Waals surface area (Å²) < 4.78 is 5.42. The van der Waals surface area contributed by atoms with Crippen LogP contribution in [0.5, 0.6) is 11.5 Å². The van der Waals surface area contributed by atoms with Gasteiger partial charge in [-0.05, 0) is 35.2 Å². The lowest BCUT2D eigenvalue weighted by Gasteiger charge is -2.20. The number of carboxylic acids is 1. The van der Waals surface area contributed by atoms with E-state index in [1.54, 1.807) is 0 Å². The maximum atomic E-state index is 12.6. The van der Waals surface area contributed by atoms with Crippen molar-refractivity contribution in [2.24, 2.45) is 5.92 Å². The van der Waals surface area contributed by atoms with Crippen LogP contribution in [-0.4, -0.2) is 33.9 Å². The van der Waals surface area contributed by atoms with Gasteiger partial charge in [-0.1, -0.05) is 60.7 Å². The molecule has 3 rings (SSSR count). The number of rotatable bonds is 8. The van der Waals surface area contributed by atoms with Crippen LogP contribution < -0.4 is 0 Å². The van der Waals surface area contributed by atoms with E-state index in [9.17, 15) is 24.9 Å². The minimum Gasteiger partial charge on any atom is -0.508 e. The molecule has 0 aliphatic rings. The van der Waals surface area contributed by atoms with E-state index in [2.05, 4.69) is 0 Å². The van der Waals surface area contributed by atoms with Crippen LogP contribution in [0.2, 0.25) is 0 Å². The summed E-state index contributed by atoms with van der Waals surface area (Å²) in [7, 11) is 0. The smallest absolute Gasteiger partial charge is 0.320 e. The van der Waals surface area contributed by atoms with Crippen LogP contribution in [0.4, 0.5) is 0 Å². The van der Waals surface area contributed by atoms with Crippen molar-refractivity contribution in [1.29, 1.82) is 0 Å². The molecule has 0 spiro atoms. The Kier molecular flexibility index (Phi) is 6.70. The Morgan fingerprint density at radius 2 is 1.30 bits per heavy atom. The SMILES string of the molecule is O=C(O)C(Cc1cc(O)cc(O)c1)C(=O)OCC(c1ccccc1)c1ccccc1. The van der Waals surface area contributed by atoms with Gasteiger partial charge in [-0.2, -0.15) is 0 Å². The van der Waals surface area contributed by atoms with Gasteiger partial charge in [0, 0.05) is 12.0 Å². The Hall–Kier alpha value is -3.80. The molecule has 30 heavy (non-hydrogen) atoms. The average Bonchev–Trinajstić information content (AvgIpc) is 2.72. The number of carbonyl (C=O) groups is 2. The highest BCUT2D eigenvalue weighted by Gasteiger charge is 2.29. The Labute approximate surface area is 174 Å². The lowest BCUT2D eigenvalue weighted by Crippen LogP contribution is -2.29. The predicted molar refractivity (Wildman–Crippen MR) is 110 cm³/mol. The minimum absolute atomic E-state index is 0.0120. The molecular formula is C24H22O6. The number of esters is 1. The van der Waals surface area contributed by atoms with E-state index in [4.69, 9.17) is 4.74 Å². The molecule has 0 aliphatic carbocycles. The normalized spacial score (nSPS) is 11.8.